The molecule has 0 unspecified atom stereocenters. The van der Waals surface area contributed by atoms with Crippen LogP contribution < -0.4 is 20.9 Å². The topological polar surface area (TPSA) is 97.7 Å². The molecule has 4 bridgehead atoms. The van der Waals surface area contributed by atoms with Gasteiger partial charge in [0, 0.05) is 50.7 Å². The Labute approximate surface area is 211 Å². The zero-order valence-electron chi connectivity index (χ0n) is 21.0. The number of anilines is 4. The number of pyridine rings is 1. The van der Waals surface area contributed by atoms with Crippen molar-refractivity contribution in [2.75, 3.05) is 49.5 Å². The van der Waals surface area contributed by atoms with Gasteiger partial charge in [0.15, 0.2) is 5.65 Å². The molecule has 3 aromatic rings. The Kier molecular flexibility index (Phi) is 6.66. The van der Waals surface area contributed by atoms with Crippen molar-refractivity contribution in [1.82, 2.24) is 19.9 Å². The summed E-state index contributed by atoms with van der Waals surface area (Å²) in [6.07, 6.45) is 6.55. The molecule has 2 atom stereocenters. The van der Waals surface area contributed by atoms with Gasteiger partial charge in [-0.05, 0) is 49.4 Å². The van der Waals surface area contributed by atoms with Crippen LogP contribution in [0.4, 0.5) is 22.9 Å². The van der Waals surface area contributed by atoms with Crippen molar-refractivity contribution >= 4 is 34.0 Å². The van der Waals surface area contributed by atoms with Gasteiger partial charge in [-0.15, -0.1) is 0 Å². The molecule has 1 aliphatic carbocycles. The number of aromatic nitrogens is 3. The molecular formula is C26H35N7O3. The minimum absolute atomic E-state index is 0.201. The Morgan fingerprint density at radius 2 is 2.00 bits per heavy atom. The van der Waals surface area contributed by atoms with Crippen molar-refractivity contribution in [3.05, 3.63) is 36.2 Å². The molecule has 0 spiro atoms. The summed E-state index contributed by atoms with van der Waals surface area (Å²) in [7, 11) is 3.71. The van der Waals surface area contributed by atoms with E-state index in [2.05, 4.69) is 44.0 Å². The lowest BCUT2D eigenvalue weighted by atomic mass is 9.89. The molecule has 6 rings (SSSR count). The van der Waals surface area contributed by atoms with E-state index >= 15 is 0 Å². The number of methoxy groups -OCH3 is 1. The van der Waals surface area contributed by atoms with E-state index in [1.165, 1.54) is 5.69 Å². The molecular weight excluding hydrogens is 458 g/mol. The van der Waals surface area contributed by atoms with E-state index in [1.54, 1.807) is 6.33 Å². The molecule has 2 aromatic heterocycles. The lowest BCUT2D eigenvalue weighted by Gasteiger charge is -2.37. The van der Waals surface area contributed by atoms with E-state index < -0.39 is 0 Å². The molecule has 3 N–H and O–H groups in total. The quantitative estimate of drug-likeness (QED) is 0.507. The van der Waals surface area contributed by atoms with Crippen LogP contribution in [0.25, 0.3) is 11.2 Å². The third-order valence-electron chi connectivity index (χ3n) is 7.59. The molecule has 10 heteroatoms. The number of nitrogens with one attached hydrogen (secondary N) is 3. The first kappa shape index (κ1) is 23.5. The number of ether oxygens (including phenoxy) is 3. The second kappa shape index (κ2) is 10.2. The summed E-state index contributed by atoms with van der Waals surface area (Å²) < 4.78 is 19.8. The highest BCUT2D eigenvalue weighted by Crippen LogP contribution is 2.32. The van der Waals surface area contributed by atoms with Gasteiger partial charge in [0.2, 0.25) is 0 Å². The molecule has 0 radical (unpaired) electrons. The fourth-order valence-electron chi connectivity index (χ4n) is 5.31. The average molecular weight is 494 g/mol. The van der Waals surface area contributed by atoms with E-state index in [1.807, 2.05) is 24.8 Å². The number of hydrogen-bond donors (Lipinski definition) is 3. The Morgan fingerprint density at radius 3 is 2.78 bits per heavy atom. The monoisotopic (exact) mass is 493 g/mol. The maximum Gasteiger partial charge on any atom is 0.166 e. The van der Waals surface area contributed by atoms with Crippen molar-refractivity contribution in [1.29, 1.82) is 0 Å². The minimum Gasteiger partial charge on any atom is -0.386 e. The highest BCUT2D eigenvalue weighted by Gasteiger charge is 2.31. The largest absolute Gasteiger partial charge is 0.386 e. The molecule has 1 saturated heterocycles. The summed E-state index contributed by atoms with van der Waals surface area (Å²) in [4.78, 5) is 11.9. The summed E-state index contributed by atoms with van der Waals surface area (Å²) in [6, 6.07) is 8.95. The molecule has 2 fully saturated rings. The Bertz CT molecular complexity index is 1210. The van der Waals surface area contributed by atoms with Crippen molar-refractivity contribution in [3.63, 3.8) is 0 Å². The van der Waals surface area contributed by atoms with Gasteiger partial charge < -0.3 is 29.7 Å². The van der Waals surface area contributed by atoms with Crippen LogP contribution in [-0.2, 0) is 27.5 Å². The van der Waals surface area contributed by atoms with Crippen molar-refractivity contribution in [2.45, 2.75) is 57.3 Å². The van der Waals surface area contributed by atoms with Crippen LogP contribution >= 0.6 is 0 Å². The third-order valence-corrected chi connectivity index (χ3v) is 7.59. The van der Waals surface area contributed by atoms with E-state index in [-0.39, 0.29) is 6.10 Å². The third kappa shape index (κ3) is 4.73. The summed E-state index contributed by atoms with van der Waals surface area (Å²) >= 11 is 0. The van der Waals surface area contributed by atoms with Crippen molar-refractivity contribution in [3.8, 4) is 0 Å². The number of hydrogen-bond acceptors (Lipinski definition) is 9. The Hall–Kier alpha value is -2.92. The molecule has 1 saturated carbocycles. The molecule has 10 nitrogen and oxygen atoms in total. The first-order valence-electron chi connectivity index (χ1n) is 12.9. The van der Waals surface area contributed by atoms with Gasteiger partial charge in [-0.25, -0.2) is 9.97 Å². The smallest absolute Gasteiger partial charge is 0.166 e. The van der Waals surface area contributed by atoms with Gasteiger partial charge in [0.05, 0.1) is 37.6 Å². The Morgan fingerprint density at radius 1 is 1.11 bits per heavy atom. The molecule has 3 aliphatic rings. The first-order chi connectivity index (χ1) is 17.7. The molecule has 36 heavy (non-hydrogen) atoms. The molecule has 4 heterocycles. The number of nitrogens with zero attached hydrogens (tertiary/aromatic N) is 4. The van der Waals surface area contributed by atoms with Gasteiger partial charge in [-0.3, -0.25) is 9.88 Å². The molecule has 2 aliphatic heterocycles. The van der Waals surface area contributed by atoms with Crippen LogP contribution in [0.3, 0.4) is 0 Å². The summed E-state index contributed by atoms with van der Waals surface area (Å²) in [5.74, 6) is 0.750. The minimum atomic E-state index is 0.201. The predicted octanol–water partition coefficient (Wildman–Crippen LogP) is 3.41. The molecule has 192 valence electrons. The fraction of sp³-hybridized carbons (Fsp3) is 0.538. The Balaban J connectivity index is 1.36. The zero-order valence-corrected chi connectivity index (χ0v) is 21.0. The van der Waals surface area contributed by atoms with Crippen LogP contribution in [0.5, 0.6) is 0 Å². The van der Waals surface area contributed by atoms with Gasteiger partial charge >= 0.3 is 0 Å². The van der Waals surface area contributed by atoms with Crippen molar-refractivity contribution < 1.29 is 14.2 Å². The molecule has 0 amide bonds. The zero-order chi connectivity index (χ0) is 24.5. The average Bonchev–Trinajstić information content (AvgIpc) is 3.29. The maximum absolute atomic E-state index is 6.35. The van der Waals surface area contributed by atoms with Gasteiger partial charge in [0.1, 0.15) is 18.1 Å². The normalized spacial score (nSPS) is 23.2. The molecule has 1 aromatic carbocycles. The first-order valence-corrected chi connectivity index (χ1v) is 12.9. The standard InChI is InChI=1S/C26H35N7O3/c1-27-22-12-24-30-18-9-17(10-19(11-18)32-7-5-20(34-2)6-8-32)13-36-23-4-3-21(23)29-15-35-16-33-14-28-25(22)26(33)31-24/h9-12,14,20-21,23,29H,3-8,13,15-16H2,1-2H3,(H2,27,30,31)/t21-,23-/m1/s1. The summed E-state index contributed by atoms with van der Waals surface area (Å²) in [5.41, 5.74) is 5.86. The van der Waals surface area contributed by atoms with Gasteiger partial charge in [-0.1, -0.05) is 0 Å². The van der Waals surface area contributed by atoms with Crippen LogP contribution in [0.2, 0.25) is 0 Å². The van der Waals surface area contributed by atoms with Crippen LogP contribution in [-0.4, -0.2) is 66.8 Å². The summed E-state index contributed by atoms with van der Waals surface area (Å²) in [5, 5.41) is 10.3. The van der Waals surface area contributed by atoms with E-state index in [0.717, 1.165) is 72.7 Å². The number of rotatable bonds is 3. The number of fused-ring (bicyclic) bond motifs is 4. The van der Waals surface area contributed by atoms with Gasteiger partial charge in [0.25, 0.3) is 0 Å². The SMILES string of the molecule is CNc1cc2nc3c1ncn3COCN[C@@H]1CC[C@H]1OCc1cc(cc(N3CCC(OC)CC3)c1)N2. The highest BCUT2D eigenvalue weighted by molar-refractivity contribution is 5.88. The van der Waals surface area contributed by atoms with Crippen LogP contribution in [0, 0.1) is 0 Å². The van der Waals surface area contributed by atoms with E-state index in [9.17, 15) is 0 Å². The second-order valence-electron chi connectivity index (χ2n) is 9.84. The number of benzene rings is 1. The second-order valence-corrected chi connectivity index (χ2v) is 9.84. The fourth-order valence-corrected chi connectivity index (χ4v) is 5.31. The van der Waals surface area contributed by atoms with E-state index in [0.29, 0.717) is 32.2 Å². The van der Waals surface area contributed by atoms with Crippen LogP contribution in [0.1, 0.15) is 31.2 Å². The van der Waals surface area contributed by atoms with Crippen LogP contribution in [0.15, 0.2) is 30.6 Å². The maximum atomic E-state index is 6.35. The van der Waals surface area contributed by atoms with Crippen molar-refractivity contribution in [2.24, 2.45) is 0 Å². The lowest BCUT2D eigenvalue weighted by Crippen LogP contribution is -2.49. The highest BCUT2D eigenvalue weighted by atomic mass is 16.5. The number of imidazole rings is 1. The van der Waals surface area contributed by atoms with Gasteiger partial charge in [-0.2, -0.15) is 0 Å². The van der Waals surface area contributed by atoms with E-state index in [4.69, 9.17) is 19.2 Å². The number of piperidine rings is 1. The summed E-state index contributed by atoms with van der Waals surface area (Å²) in [6.45, 7) is 3.35. The lowest BCUT2D eigenvalue weighted by molar-refractivity contribution is -0.0507. The predicted molar refractivity (Wildman–Crippen MR) is 140 cm³/mol.